The Balaban J connectivity index is 1.70. The van der Waals surface area contributed by atoms with Gasteiger partial charge in [-0.15, -0.1) is 0 Å². The lowest BCUT2D eigenvalue weighted by molar-refractivity contribution is -0.137. The summed E-state index contributed by atoms with van der Waals surface area (Å²) in [7, 11) is -2.67. The van der Waals surface area contributed by atoms with Crippen LogP contribution in [0, 0.1) is 6.92 Å². The summed E-state index contributed by atoms with van der Waals surface area (Å²) in [5.41, 5.74) is -0.231. The van der Waals surface area contributed by atoms with Gasteiger partial charge < -0.3 is 9.64 Å². The van der Waals surface area contributed by atoms with Crippen LogP contribution in [-0.4, -0.2) is 61.9 Å². The first-order valence-electron chi connectivity index (χ1n) is 8.88. The fourth-order valence-corrected chi connectivity index (χ4v) is 4.43. The number of halogens is 3. The number of anilines is 1. The minimum Gasteiger partial charge on any atom is -0.465 e. The molecule has 2 heterocycles. The number of hydrogen-bond donors (Lipinski definition) is 0. The summed E-state index contributed by atoms with van der Waals surface area (Å²) in [6.45, 7) is 2.45. The Bertz CT molecular complexity index is 1030. The highest BCUT2D eigenvalue weighted by molar-refractivity contribution is 7.89. The predicted molar refractivity (Wildman–Crippen MR) is 101 cm³/mol. The molecule has 1 aromatic heterocycles. The second kappa shape index (κ2) is 8.19. The molecule has 1 aromatic carbocycles. The van der Waals surface area contributed by atoms with Gasteiger partial charge in [-0.25, -0.2) is 23.2 Å². The summed E-state index contributed by atoms with van der Waals surface area (Å²) in [6.07, 6.45) is -3.18. The van der Waals surface area contributed by atoms with Crippen LogP contribution in [0.2, 0.25) is 0 Å². The largest absolute Gasteiger partial charge is 0.465 e. The number of rotatable bonds is 4. The number of aryl methyl sites for hydroxylation is 1. The quantitative estimate of drug-likeness (QED) is 0.667. The van der Waals surface area contributed by atoms with Crippen molar-refractivity contribution in [1.82, 2.24) is 14.3 Å². The van der Waals surface area contributed by atoms with Gasteiger partial charge in [0.05, 0.1) is 28.8 Å². The monoisotopic (exact) mass is 444 g/mol. The molecule has 0 N–H and O–H groups in total. The molecule has 8 nitrogen and oxygen atoms in total. The fourth-order valence-electron chi connectivity index (χ4n) is 3.01. The first-order chi connectivity index (χ1) is 14.0. The number of methoxy groups -OCH3 is 1. The molecule has 0 radical (unpaired) electrons. The Morgan fingerprint density at radius 3 is 2.20 bits per heavy atom. The molecule has 0 bridgehead atoms. The van der Waals surface area contributed by atoms with E-state index in [9.17, 15) is 26.4 Å². The number of hydrogen-bond acceptors (Lipinski definition) is 7. The summed E-state index contributed by atoms with van der Waals surface area (Å²) in [4.78, 5) is 21.6. The molecule has 0 aliphatic carbocycles. The van der Waals surface area contributed by atoms with Crippen molar-refractivity contribution >= 4 is 21.9 Å². The lowest BCUT2D eigenvalue weighted by atomic mass is 10.2. The van der Waals surface area contributed by atoms with Crippen molar-refractivity contribution in [2.45, 2.75) is 18.0 Å². The first-order valence-corrected chi connectivity index (χ1v) is 10.3. The molecule has 1 saturated heterocycles. The van der Waals surface area contributed by atoms with Crippen molar-refractivity contribution in [2.75, 3.05) is 38.2 Å². The van der Waals surface area contributed by atoms with E-state index in [4.69, 9.17) is 0 Å². The van der Waals surface area contributed by atoms with E-state index in [0.29, 0.717) is 11.6 Å². The molecule has 0 spiro atoms. The van der Waals surface area contributed by atoms with Gasteiger partial charge in [-0.3, -0.25) is 0 Å². The molecule has 0 saturated carbocycles. The number of nitrogens with zero attached hydrogens (tertiary/aromatic N) is 4. The number of sulfonamides is 1. The molecule has 1 aliphatic rings. The third-order valence-corrected chi connectivity index (χ3v) is 6.63. The number of ether oxygens (including phenoxy) is 1. The van der Waals surface area contributed by atoms with Crippen molar-refractivity contribution in [3.05, 3.63) is 47.3 Å². The van der Waals surface area contributed by atoms with Gasteiger partial charge in [0.15, 0.2) is 0 Å². The highest BCUT2D eigenvalue weighted by atomic mass is 32.2. The van der Waals surface area contributed by atoms with Crippen molar-refractivity contribution in [3.8, 4) is 0 Å². The van der Waals surface area contributed by atoms with Gasteiger partial charge in [-0.2, -0.15) is 17.5 Å². The number of carbonyl (C=O) groups excluding carboxylic acids is 1. The lowest BCUT2D eigenvalue weighted by Crippen LogP contribution is -2.49. The zero-order valence-corrected chi connectivity index (χ0v) is 17.0. The van der Waals surface area contributed by atoms with Crippen molar-refractivity contribution in [2.24, 2.45) is 0 Å². The SMILES string of the molecule is COC(=O)c1cnc(N2CCN(S(=O)(=O)c3ccc(C(F)(F)F)cc3)CC2)nc1C. The zero-order chi connectivity index (χ0) is 22.1. The predicted octanol–water partition coefficient (Wildman–Crippen LogP) is 2.10. The standard InChI is InChI=1S/C18H19F3N4O4S/c1-12-15(16(26)29-2)11-22-17(23-12)24-7-9-25(10-8-24)30(27,28)14-5-3-13(4-6-14)18(19,20)21/h3-6,11H,7-10H2,1-2H3. The van der Waals surface area contributed by atoms with Gasteiger partial charge in [0, 0.05) is 32.4 Å². The van der Waals surface area contributed by atoms with E-state index in [2.05, 4.69) is 14.7 Å². The highest BCUT2D eigenvalue weighted by Gasteiger charge is 2.33. The molecule has 1 fully saturated rings. The third-order valence-electron chi connectivity index (χ3n) is 4.71. The second-order valence-corrected chi connectivity index (χ2v) is 8.51. The maximum atomic E-state index is 12.7. The van der Waals surface area contributed by atoms with Crippen molar-refractivity contribution in [3.63, 3.8) is 0 Å². The molecular weight excluding hydrogens is 425 g/mol. The number of piperazine rings is 1. The van der Waals surface area contributed by atoms with E-state index < -0.39 is 27.7 Å². The van der Waals surface area contributed by atoms with Crippen LogP contribution in [0.15, 0.2) is 35.4 Å². The molecule has 12 heteroatoms. The molecule has 0 unspecified atom stereocenters. The maximum Gasteiger partial charge on any atom is 0.416 e. The molecule has 162 valence electrons. The maximum absolute atomic E-state index is 12.7. The normalized spacial score (nSPS) is 15.8. The Labute approximate surface area is 171 Å². The average Bonchev–Trinajstić information content (AvgIpc) is 2.72. The molecule has 0 amide bonds. The summed E-state index contributed by atoms with van der Waals surface area (Å²) in [5, 5.41) is 0. The first kappa shape index (κ1) is 22.0. The van der Waals surface area contributed by atoms with E-state index >= 15 is 0 Å². The van der Waals surface area contributed by atoms with Crippen LogP contribution in [0.25, 0.3) is 0 Å². The number of benzene rings is 1. The molecular formula is C18H19F3N4O4S. The number of alkyl halides is 3. The van der Waals surface area contributed by atoms with E-state index in [1.54, 1.807) is 11.8 Å². The van der Waals surface area contributed by atoms with Crippen LogP contribution in [0.3, 0.4) is 0 Å². The van der Waals surface area contributed by atoms with E-state index in [1.165, 1.54) is 17.6 Å². The van der Waals surface area contributed by atoms with Crippen molar-refractivity contribution in [1.29, 1.82) is 0 Å². The van der Waals surface area contributed by atoms with Crippen LogP contribution in [0.5, 0.6) is 0 Å². The van der Waals surface area contributed by atoms with E-state index in [0.717, 1.165) is 24.3 Å². The van der Waals surface area contributed by atoms with Crippen LogP contribution in [0.4, 0.5) is 19.1 Å². The minimum atomic E-state index is -4.53. The number of aromatic nitrogens is 2. The topological polar surface area (TPSA) is 92.7 Å². The molecule has 2 aromatic rings. The Kier molecular flexibility index (Phi) is 5.99. The Morgan fingerprint density at radius 1 is 1.10 bits per heavy atom. The van der Waals surface area contributed by atoms with Gasteiger partial charge >= 0.3 is 12.1 Å². The summed E-state index contributed by atoms with van der Waals surface area (Å²) in [5.74, 6) is -0.196. The summed E-state index contributed by atoms with van der Waals surface area (Å²) in [6, 6.07) is 3.43. The number of carbonyl (C=O) groups is 1. The number of esters is 1. The molecule has 0 atom stereocenters. The van der Waals surface area contributed by atoms with Gasteiger partial charge in [0.1, 0.15) is 0 Å². The Morgan fingerprint density at radius 2 is 1.70 bits per heavy atom. The van der Waals surface area contributed by atoms with Gasteiger partial charge in [-0.1, -0.05) is 0 Å². The van der Waals surface area contributed by atoms with Crippen LogP contribution < -0.4 is 4.90 Å². The van der Waals surface area contributed by atoms with Crippen molar-refractivity contribution < 1.29 is 31.1 Å². The fraction of sp³-hybridized carbons (Fsp3) is 0.389. The highest BCUT2D eigenvalue weighted by Crippen LogP contribution is 2.30. The minimum absolute atomic E-state index is 0.116. The average molecular weight is 444 g/mol. The van der Waals surface area contributed by atoms with E-state index in [-0.39, 0.29) is 36.6 Å². The summed E-state index contributed by atoms with van der Waals surface area (Å²) < 4.78 is 69.4. The zero-order valence-electron chi connectivity index (χ0n) is 16.2. The molecule has 1 aliphatic heterocycles. The van der Waals surface area contributed by atoms with Gasteiger partial charge in [0.2, 0.25) is 16.0 Å². The van der Waals surface area contributed by atoms with E-state index in [1.807, 2.05) is 0 Å². The van der Waals surface area contributed by atoms with Crippen LogP contribution in [-0.2, 0) is 20.9 Å². The second-order valence-electron chi connectivity index (χ2n) is 6.57. The summed E-state index contributed by atoms with van der Waals surface area (Å²) >= 11 is 0. The van der Waals surface area contributed by atoms with Crippen LogP contribution >= 0.6 is 0 Å². The van der Waals surface area contributed by atoms with Crippen LogP contribution in [0.1, 0.15) is 21.6 Å². The smallest absolute Gasteiger partial charge is 0.416 e. The van der Waals surface area contributed by atoms with Gasteiger partial charge in [0.25, 0.3) is 0 Å². The van der Waals surface area contributed by atoms with Gasteiger partial charge in [-0.05, 0) is 31.2 Å². The molecule has 3 rings (SSSR count). The third kappa shape index (κ3) is 4.38. The molecule has 30 heavy (non-hydrogen) atoms. The lowest BCUT2D eigenvalue weighted by Gasteiger charge is -2.34. The Hall–Kier alpha value is -2.73.